The Bertz CT molecular complexity index is 233. The van der Waals surface area contributed by atoms with Crippen LogP contribution in [0.3, 0.4) is 0 Å². The van der Waals surface area contributed by atoms with Crippen molar-refractivity contribution in [1.82, 2.24) is 10.2 Å². The molecule has 1 rings (SSSR count). The molecule has 0 amide bonds. The van der Waals surface area contributed by atoms with Crippen molar-refractivity contribution in [2.75, 3.05) is 0 Å². The zero-order valence-corrected chi connectivity index (χ0v) is 6.48. The first kappa shape index (κ1) is 8.16. The Morgan fingerprint density at radius 1 is 1.55 bits per heavy atom. The minimum Gasteiger partial charge on any atom is -0.423 e. The molecule has 1 aromatic rings. The van der Waals surface area contributed by atoms with Gasteiger partial charge < -0.3 is 15.3 Å². The second-order valence-electron chi connectivity index (χ2n) is 2.46. The van der Waals surface area contributed by atoms with Gasteiger partial charge in [0.2, 0.25) is 11.8 Å². The Labute approximate surface area is 64.2 Å². The van der Waals surface area contributed by atoms with E-state index in [0.717, 1.165) is 0 Å². The molecule has 0 spiro atoms. The van der Waals surface area contributed by atoms with Gasteiger partial charge in [-0.3, -0.25) is 0 Å². The number of rotatable bonds is 2. The third-order valence-corrected chi connectivity index (χ3v) is 1.29. The summed E-state index contributed by atoms with van der Waals surface area (Å²) in [7, 11) is 0. The van der Waals surface area contributed by atoms with E-state index < -0.39 is 12.1 Å². The van der Waals surface area contributed by atoms with E-state index in [1.807, 2.05) is 0 Å². The van der Waals surface area contributed by atoms with E-state index in [4.69, 9.17) is 10.2 Å². The molecule has 5 heteroatoms. The van der Waals surface area contributed by atoms with Gasteiger partial charge in [-0.05, 0) is 6.92 Å². The Morgan fingerprint density at radius 2 is 2.18 bits per heavy atom. The third-order valence-electron chi connectivity index (χ3n) is 1.29. The van der Waals surface area contributed by atoms with Gasteiger partial charge in [-0.25, -0.2) is 0 Å². The van der Waals surface area contributed by atoms with Crippen molar-refractivity contribution in [3.63, 3.8) is 0 Å². The number of aliphatic hydroxyl groups is 1. The summed E-state index contributed by atoms with van der Waals surface area (Å²) < 4.78 is 4.95. The maximum Gasteiger partial charge on any atom is 0.246 e. The molecule has 1 aromatic heterocycles. The predicted molar refractivity (Wildman–Crippen MR) is 37.6 cm³/mol. The largest absolute Gasteiger partial charge is 0.423 e. The molecule has 62 valence electrons. The maximum atomic E-state index is 9.29. The van der Waals surface area contributed by atoms with Gasteiger partial charge in [0.15, 0.2) is 0 Å². The van der Waals surface area contributed by atoms with Gasteiger partial charge >= 0.3 is 0 Å². The SMILES string of the molecule is Cc1nnc(C(O)C(C)N)o1. The molecule has 0 bridgehead atoms. The molecule has 0 aliphatic rings. The molecule has 3 N–H and O–H groups in total. The zero-order valence-electron chi connectivity index (χ0n) is 6.48. The fourth-order valence-electron chi connectivity index (χ4n) is 0.656. The molecule has 1 heterocycles. The maximum absolute atomic E-state index is 9.29. The van der Waals surface area contributed by atoms with Crippen molar-refractivity contribution in [1.29, 1.82) is 0 Å². The molecule has 0 aliphatic carbocycles. The first-order valence-corrected chi connectivity index (χ1v) is 3.35. The Morgan fingerprint density at radius 3 is 2.55 bits per heavy atom. The lowest BCUT2D eigenvalue weighted by Gasteiger charge is -2.08. The summed E-state index contributed by atoms with van der Waals surface area (Å²) >= 11 is 0. The standard InChI is InChI=1S/C6H11N3O2/c1-3(7)5(10)6-9-8-4(2)11-6/h3,5,10H,7H2,1-2H3. The molecule has 0 saturated heterocycles. The minimum absolute atomic E-state index is 0.178. The lowest BCUT2D eigenvalue weighted by Crippen LogP contribution is -2.24. The monoisotopic (exact) mass is 157 g/mol. The Kier molecular flexibility index (Phi) is 2.21. The van der Waals surface area contributed by atoms with Gasteiger partial charge in [0.25, 0.3) is 0 Å². The van der Waals surface area contributed by atoms with Crippen LogP contribution in [0, 0.1) is 6.92 Å². The number of nitrogens with two attached hydrogens (primary N) is 1. The van der Waals surface area contributed by atoms with Crippen LogP contribution in [0.2, 0.25) is 0 Å². The molecule has 0 saturated carbocycles. The summed E-state index contributed by atoms with van der Waals surface area (Å²) in [4.78, 5) is 0. The summed E-state index contributed by atoms with van der Waals surface area (Å²) in [6.45, 7) is 3.33. The molecule has 0 radical (unpaired) electrons. The van der Waals surface area contributed by atoms with E-state index >= 15 is 0 Å². The van der Waals surface area contributed by atoms with Crippen LogP contribution in [0.4, 0.5) is 0 Å². The number of aromatic nitrogens is 2. The molecule has 0 aromatic carbocycles. The molecule has 2 unspecified atom stereocenters. The number of aliphatic hydroxyl groups excluding tert-OH is 1. The highest BCUT2D eigenvalue weighted by atomic mass is 16.4. The Balaban J connectivity index is 2.76. The number of aryl methyl sites for hydroxylation is 1. The second-order valence-corrected chi connectivity index (χ2v) is 2.46. The molecule has 11 heavy (non-hydrogen) atoms. The lowest BCUT2D eigenvalue weighted by atomic mass is 10.2. The number of nitrogens with zero attached hydrogens (tertiary/aromatic N) is 2. The molecule has 5 nitrogen and oxygen atoms in total. The van der Waals surface area contributed by atoms with Crippen molar-refractivity contribution in [3.8, 4) is 0 Å². The van der Waals surface area contributed by atoms with Crippen LogP contribution in [0.25, 0.3) is 0 Å². The average Bonchev–Trinajstić information content (AvgIpc) is 2.34. The van der Waals surface area contributed by atoms with Gasteiger partial charge in [-0.1, -0.05) is 0 Å². The van der Waals surface area contributed by atoms with Crippen molar-refractivity contribution >= 4 is 0 Å². The molecule has 2 atom stereocenters. The van der Waals surface area contributed by atoms with Crippen LogP contribution in [0.1, 0.15) is 24.8 Å². The normalized spacial score (nSPS) is 16.4. The van der Waals surface area contributed by atoms with E-state index in [1.54, 1.807) is 13.8 Å². The highest BCUT2D eigenvalue weighted by Crippen LogP contribution is 2.12. The van der Waals surface area contributed by atoms with Gasteiger partial charge in [0, 0.05) is 13.0 Å². The van der Waals surface area contributed by atoms with E-state index in [2.05, 4.69) is 10.2 Å². The summed E-state index contributed by atoms with van der Waals surface area (Å²) in [6.07, 6.45) is -0.865. The van der Waals surface area contributed by atoms with Crippen LogP contribution in [-0.2, 0) is 0 Å². The minimum atomic E-state index is -0.865. The molecule has 0 fully saturated rings. The van der Waals surface area contributed by atoms with Gasteiger partial charge in [0.1, 0.15) is 6.10 Å². The van der Waals surface area contributed by atoms with E-state index in [9.17, 15) is 5.11 Å². The van der Waals surface area contributed by atoms with Crippen molar-refractivity contribution in [3.05, 3.63) is 11.8 Å². The van der Waals surface area contributed by atoms with Crippen molar-refractivity contribution in [2.45, 2.75) is 26.0 Å². The number of hydrogen-bond donors (Lipinski definition) is 2. The van der Waals surface area contributed by atoms with Crippen LogP contribution < -0.4 is 5.73 Å². The van der Waals surface area contributed by atoms with Crippen LogP contribution in [-0.4, -0.2) is 21.3 Å². The Hall–Kier alpha value is -0.940. The summed E-state index contributed by atoms with van der Waals surface area (Å²) in [5.74, 6) is 0.609. The number of hydrogen-bond acceptors (Lipinski definition) is 5. The summed E-state index contributed by atoms with van der Waals surface area (Å²) in [6, 6.07) is -0.394. The summed E-state index contributed by atoms with van der Waals surface area (Å²) in [5, 5.41) is 16.5. The second kappa shape index (κ2) is 2.98. The highest BCUT2D eigenvalue weighted by Gasteiger charge is 2.18. The van der Waals surface area contributed by atoms with Crippen LogP contribution >= 0.6 is 0 Å². The quantitative estimate of drug-likeness (QED) is 0.618. The van der Waals surface area contributed by atoms with Crippen molar-refractivity contribution in [2.24, 2.45) is 5.73 Å². The van der Waals surface area contributed by atoms with E-state index in [1.165, 1.54) is 0 Å². The average molecular weight is 157 g/mol. The first-order chi connectivity index (χ1) is 5.11. The fraction of sp³-hybridized carbons (Fsp3) is 0.667. The molecular formula is C6H11N3O2. The van der Waals surface area contributed by atoms with E-state index in [-0.39, 0.29) is 5.89 Å². The van der Waals surface area contributed by atoms with Gasteiger partial charge in [0.05, 0.1) is 0 Å². The van der Waals surface area contributed by atoms with Crippen LogP contribution in [0.5, 0.6) is 0 Å². The fourth-order valence-corrected chi connectivity index (χ4v) is 0.656. The van der Waals surface area contributed by atoms with Crippen molar-refractivity contribution < 1.29 is 9.52 Å². The first-order valence-electron chi connectivity index (χ1n) is 3.35. The lowest BCUT2D eigenvalue weighted by molar-refractivity contribution is 0.120. The summed E-state index contributed by atoms with van der Waals surface area (Å²) in [5.41, 5.74) is 5.40. The predicted octanol–water partition coefficient (Wildman–Crippen LogP) is -0.241. The van der Waals surface area contributed by atoms with Gasteiger partial charge in [-0.15, -0.1) is 10.2 Å². The molecule has 0 aliphatic heterocycles. The van der Waals surface area contributed by atoms with Gasteiger partial charge in [-0.2, -0.15) is 0 Å². The third kappa shape index (κ3) is 1.75. The van der Waals surface area contributed by atoms with E-state index in [0.29, 0.717) is 5.89 Å². The molecular weight excluding hydrogens is 146 g/mol. The topological polar surface area (TPSA) is 85.2 Å². The smallest absolute Gasteiger partial charge is 0.246 e. The zero-order chi connectivity index (χ0) is 8.43. The van der Waals surface area contributed by atoms with Crippen LogP contribution in [0.15, 0.2) is 4.42 Å². The highest BCUT2D eigenvalue weighted by molar-refractivity contribution is 4.88.